The monoisotopic (exact) mass is 436 g/mol. The maximum absolute atomic E-state index is 12.6. The van der Waals surface area contributed by atoms with E-state index in [1.54, 1.807) is 6.92 Å². The van der Waals surface area contributed by atoms with Crippen LogP contribution in [-0.4, -0.2) is 41.8 Å². The van der Waals surface area contributed by atoms with Crippen LogP contribution in [0, 0.1) is 5.92 Å². The average Bonchev–Trinajstić information content (AvgIpc) is 3.58. The topological polar surface area (TPSA) is 105 Å². The molecule has 2 aliphatic carbocycles. The fourth-order valence-corrected chi connectivity index (χ4v) is 4.42. The Kier molecular flexibility index (Phi) is 6.44. The molecule has 32 heavy (non-hydrogen) atoms. The molecule has 1 fully saturated rings. The van der Waals surface area contributed by atoms with Crippen LogP contribution in [0.1, 0.15) is 49.7 Å². The van der Waals surface area contributed by atoms with E-state index in [4.69, 9.17) is 9.84 Å². The number of nitrogens with one attached hydrogen (secondary N) is 2. The van der Waals surface area contributed by atoms with E-state index >= 15 is 0 Å². The van der Waals surface area contributed by atoms with Gasteiger partial charge in [-0.2, -0.15) is 0 Å². The fourth-order valence-electron chi connectivity index (χ4n) is 4.42. The first kappa shape index (κ1) is 21.9. The van der Waals surface area contributed by atoms with Crippen LogP contribution in [0.5, 0.6) is 0 Å². The minimum Gasteiger partial charge on any atom is -0.480 e. The van der Waals surface area contributed by atoms with Gasteiger partial charge in [0.25, 0.3) is 0 Å². The molecule has 1 unspecified atom stereocenters. The highest BCUT2D eigenvalue weighted by Crippen LogP contribution is 2.44. The van der Waals surface area contributed by atoms with Crippen molar-refractivity contribution in [2.75, 3.05) is 6.61 Å². The predicted octanol–water partition coefficient (Wildman–Crippen LogP) is 3.67. The Bertz CT molecular complexity index is 971. The zero-order chi connectivity index (χ0) is 22.7. The number of carbonyl (C=O) groups is 3. The number of aliphatic carboxylic acids is 1. The number of carboxylic acid groups (broad SMARTS) is 1. The number of amides is 2. The summed E-state index contributed by atoms with van der Waals surface area (Å²) in [6, 6.07) is 15.0. The molecule has 3 N–H and O–H groups in total. The van der Waals surface area contributed by atoms with Crippen molar-refractivity contribution in [1.29, 1.82) is 0 Å². The summed E-state index contributed by atoms with van der Waals surface area (Å²) in [7, 11) is 0. The van der Waals surface area contributed by atoms with Crippen molar-refractivity contribution in [3.05, 3.63) is 59.7 Å². The van der Waals surface area contributed by atoms with E-state index in [0.717, 1.165) is 35.1 Å². The Labute approximate surface area is 187 Å². The first-order chi connectivity index (χ1) is 15.5. The molecule has 0 aromatic heterocycles. The summed E-state index contributed by atoms with van der Waals surface area (Å²) in [5.41, 5.74) is 4.60. The van der Waals surface area contributed by atoms with Gasteiger partial charge in [-0.25, -0.2) is 9.59 Å². The van der Waals surface area contributed by atoms with E-state index in [1.807, 2.05) is 24.3 Å². The number of carboxylic acids is 1. The minimum absolute atomic E-state index is 0.0308. The summed E-state index contributed by atoms with van der Waals surface area (Å²) in [6.07, 6.45) is 1.64. The van der Waals surface area contributed by atoms with E-state index in [9.17, 15) is 14.4 Å². The molecule has 2 aromatic carbocycles. The molecule has 1 saturated carbocycles. The highest BCUT2D eigenvalue weighted by atomic mass is 16.5. The first-order valence-electron chi connectivity index (χ1n) is 11.1. The quantitative estimate of drug-likeness (QED) is 0.556. The van der Waals surface area contributed by atoms with E-state index in [0.29, 0.717) is 6.42 Å². The lowest BCUT2D eigenvalue weighted by atomic mass is 9.98. The highest BCUT2D eigenvalue weighted by Gasteiger charge is 2.35. The van der Waals surface area contributed by atoms with Gasteiger partial charge in [0.05, 0.1) is 0 Å². The normalized spacial score (nSPS) is 16.4. The average molecular weight is 437 g/mol. The van der Waals surface area contributed by atoms with Gasteiger partial charge in [-0.3, -0.25) is 4.79 Å². The third-order valence-corrected chi connectivity index (χ3v) is 6.28. The number of hydrogen-bond acceptors (Lipinski definition) is 4. The van der Waals surface area contributed by atoms with Crippen LogP contribution in [0.15, 0.2) is 48.5 Å². The largest absolute Gasteiger partial charge is 0.480 e. The van der Waals surface area contributed by atoms with E-state index in [1.165, 1.54) is 0 Å². The number of rotatable bonds is 9. The molecular weight excluding hydrogens is 408 g/mol. The SMILES string of the molecule is CC[C@@H](NC(=O)CC(NC(=O)OCC1c2ccccc2-c2ccccc21)C1CC1)C(=O)O. The van der Waals surface area contributed by atoms with Crippen LogP contribution in [0.3, 0.4) is 0 Å². The Morgan fingerprint density at radius 2 is 1.59 bits per heavy atom. The molecule has 4 rings (SSSR count). The van der Waals surface area contributed by atoms with Crippen LogP contribution in [-0.2, 0) is 14.3 Å². The highest BCUT2D eigenvalue weighted by molar-refractivity contribution is 5.84. The number of carbonyl (C=O) groups excluding carboxylic acids is 2. The summed E-state index contributed by atoms with van der Waals surface area (Å²) in [5.74, 6) is -1.26. The molecule has 168 valence electrons. The molecular formula is C25H28N2O5. The Hall–Kier alpha value is -3.35. The van der Waals surface area contributed by atoms with E-state index in [-0.39, 0.29) is 36.8 Å². The molecule has 0 aliphatic heterocycles. The number of hydrogen-bond donors (Lipinski definition) is 3. The number of benzene rings is 2. The van der Waals surface area contributed by atoms with Gasteiger partial charge in [-0.15, -0.1) is 0 Å². The van der Waals surface area contributed by atoms with Crippen molar-refractivity contribution in [2.24, 2.45) is 5.92 Å². The zero-order valence-corrected chi connectivity index (χ0v) is 18.0. The zero-order valence-electron chi connectivity index (χ0n) is 18.0. The first-order valence-corrected chi connectivity index (χ1v) is 11.1. The lowest BCUT2D eigenvalue weighted by molar-refractivity contribution is -0.142. The third kappa shape index (κ3) is 4.77. The smallest absolute Gasteiger partial charge is 0.407 e. The molecule has 2 aromatic rings. The molecule has 2 amide bonds. The van der Waals surface area contributed by atoms with E-state index < -0.39 is 18.1 Å². The van der Waals surface area contributed by atoms with Crippen LogP contribution in [0.25, 0.3) is 11.1 Å². The van der Waals surface area contributed by atoms with Gasteiger partial charge in [0.2, 0.25) is 5.91 Å². The van der Waals surface area contributed by atoms with Gasteiger partial charge in [0.15, 0.2) is 0 Å². The Morgan fingerprint density at radius 1 is 1.00 bits per heavy atom. The number of fused-ring (bicyclic) bond motifs is 3. The van der Waals surface area contributed by atoms with Gasteiger partial charge in [-0.05, 0) is 47.4 Å². The molecule has 7 heteroatoms. The van der Waals surface area contributed by atoms with Gasteiger partial charge < -0.3 is 20.5 Å². The van der Waals surface area contributed by atoms with Crippen LogP contribution in [0.4, 0.5) is 4.79 Å². The summed E-state index contributed by atoms with van der Waals surface area (Å²) in [6.45, 7) is 1.91. The van der Waals surface area contributed by atoms with Crippen molar-refractivity contribution in [3.63, 3.8) is 0 Å². The number of alkyl carbamates (subject to hydrolysis) is 1. The lowest BCUT2D eigenvalue weighted by Gasteiger charge is -2.20. The molecule has 2 aliphatic rings. The van der Waals surface area contributed by atoms with Crippen LogP contribution < -0.4 is 10.6 Å². The molecule has 0 spiro atoms. The van der Waals surface area contributed by atoms with Crippen molar-refractivity contribution >= 4 is 18.0 Å². The second-order valence-corrected chi connectivity index (χ2v) is 8.48. The summed E-state index contributed by atoms with van der Waals surface area (Å²) < 4.78 is 5.59. The van der Waals surface area contributed by atoms with Gasteiger partial charge in [0, 0.05) is 18.4 Å². The molecule has 0 radical (unpaired) electrons. The standard InChI is InChI=1S/C25H28N2O5/c1-2-21(24(29)30)26-23(28)13-22(15-11-12-15)27-25(31)32-14-20-18-9-5-3-7-16(18)17-8-4-6-10-19(17)20/h3-10,15,20-22H,2,11-14H2,1H3,(H,26,28)(H,27,31)(H,29,30)/t21-,22?/m1/s1. The van der Waals surface area contributed by atoms with Gasteiger partial charge in [0.1, 0.15) is 12.6 Å². The van der Waals surface area contributed by atoms with Crippen molar-refractivity contribution in [1.82, 2.24) is 10.6 Å². The molecule has 7 nitrogen and oxygen atoms in total. The minimum atomic E-state index is -1.06. The van der Waals surface area contributed by atoms with Crippen LogP contribution >= 0.6 is 0 Å². The molecule has 0 bridgehead atoms. The van der Waals surface area contributed by atoms with Gasteiger partial charge >= 0.3 is 12.1 Å². The second kappa shape index (κ2) is 9.42. The van der Waals surface area contributed by atoms with E-state index in [2.05, 4.69) is 34.9 Å². The predicted molar refractivity (Wildman–Crippen MR) is 119 cm³/mol. The Balaban J connectivity index is 1.36. The summed E-state index contributed by atoms with van der Waals surface area (Å²) in [4.78, 5) is 36.0. The third-order valence-electron chi connectivity index (χ3n) is 6.28. The maximum Gasteiger partial charge on any atom is 0.407 e. The lowest BCUT2D eigenvalue weighted by Crippen LogP contribution is -2.45. The van der Waals surface area contributed by atoms with Crippen molar-refractivity contribution in [2.45, 2.75) is 50.6 Å². The van der Waals surface area contributed by atoms with Gasteiger partial charge in [-0.1, -0.05) is 55.5 Å². The molecule has 2 atom stereocenters. The number of ether oxygens (including phenoxy) is 1. The molecule has 0 saturated heterocycles. The fraction of sp³-hybridized carbons (Fsp3) is 0.400. The maximum atomic E-state index is 12.6. The summed E-state index contributed by atoms with van der Waals surface area (Å²) in [5, 5.41) is 14.5. The van der Waals surface area contributed by atoms with Crippen molar-refractivity contribution < 1.29 is 24.2 Å². The Morgan fingerprint density at radius 3 is 2.12 bits per heavy atom. The summed E-state index contributed by atoms with van der Waals surface area (Å²) >= 11 is 0. The van der Waals surface area contributed by atoms with Crippen LogP contribution in [0.2, 0.25) is 0 Å². The van der Waals surface area contributed by atoms with Crippen molar-refractivity contribution in [3.8, 4) is 11.1 Å². The molecule has 0 heterocycles. The second-order valence-electron chi connectivity index (χ2n) is 8.48.